The summed E-state index contributed by atoms with van der Waals surface area (Å²) in [5, 5.41) is 10.9. The van der Waals surface area contributed by atoms with Crippen LogP contribution in [0.5, 0.6) is 0 Å². The molecule has 0 bridgehead atoms. The van der Waals surface area contributed by atoms with Gasteiger partial charge in [0.2, 0.25) is 5.91 Å². The van der Waals surface area contributed by atoms with Gasteiger partial charge >= 0.3 is 0 Å². The van der Waals surface area contributed by atoms with Crippen LogP contribution in [0.3, 0.4) is 0 Å². The van der Waals surface area contributed by atoms with E-state index in [9.17, 15) is 14.7 Å². The molecule has 27 heavy (non-hydrogen) atoms. The average molecular weight is 370 g/mol. The van der Waals surface area contributed by atoms with Crippen molar-refractivity contribution in [2.75, 3.05) is 13.1 Å². The van der Waals surface area contributed by atoms with Crippen LogP contribution >= 0.6 is 0 Å². The number of rotatable bonds is 2. The molecule has 0 saturated carbocycles. The van der Waals surface area contributed by atoms with Crippen LogP contribution in [0.4, 0.5) is 0 Å². The lowest BCUT2D eigenvalue weighted by molar-refractivity contribution is -0.132. The minimum atomic E-state index is -0.727. The van der Waals surface area contributed by atoms with Crippen molar-refractivity contribution in [2.24, 2.45) is 0 Å². The molecule has 1 amide bonds. The maximum Gasteiger partial charge on any atom is 0.222 e. The standard InChI is InChI=1S/C23H31NO3/c1-5-9-18-14-16(3)22(17(4)15-18)23-19(25)10-7-12-24(21(27)6-2)13-8-11-20(23)26/h14-15,19,23,25H,6-8,10-13H2,1-4H3. The molecule has 0 radical (unpaired) electrons. The molecule has 1 aliphatic rings. The van der Waals surface area contributed by atoms with Crippen molar-refractivity contribution < 1.29 is 14.7 Å². The number of amides is 1. The Bertz CT molecular complexity index is 734. The van der Waals surface area contributed by atoms with Crippen molar-refractivity contribution in [2.45, 2.75) is 71.8 Å². The van der Waals surface area contributed by atoms with E-state index >= 15 is 0 Å². The van der Waals surface area contributed by atoms with E-state index in [0.29, 0.717) is 45.2 Å². The molecule has 2 rings (SSSR count). The molecule has 1 aliphatic heterocycles. The normalized spacial score (nSPS) is 21.4. The number of carbonyl (C=O) groups is 2. The third-order valence-electron chi connectivity index (χ3n) is 5.34. The molecule has 1 heterocycles. The lowest BCUT2D eigenvalue weighted by atomic mass is 9.80. The van der Waals surface area contributed by atoms with Gasteiger partial charge in [0.1, 0.15) is 5.78 Å². The minimum Gasteiger partial charge on any atom is -0.392 e. The Morgan fingerprint density at radius 3 is 2.44 bits per heavy atom. The van der Waals surface area contributed by atoms with Crippen molar-refractivity contribution in [3.63, 3.8) is 0 Å². The van der Waals surface area contributed by atoms with Crippen molar-refractivity contribution in [1.82, 2.24) is 4.90 Å². The summed E-state index contributed by atoms with van der Waals surface area (Å²) in [5.41, 5.74) is 3.89. The molecule has 1 aromatic carbocycles. The van der Waals surface area contributed by atoms with Crippen LogP contribution in [-0.4, -0.2) is 40.9 Å². The number of Topliss-reactive ketones (excluding diaryl/α,β-unsaturated/α-hetero) is 1. The van der Waals surface area contributed by atoms with E-state index in [2.05, 4.69) is 11.8 Å². The average Bonchev–Trinajstić information content (AvgIpc) is 2.62. The highest BCUT2D eigenvalue weighted by Crippen LogP contribution is 2.32. The van der Waals surface area contributed by atoms with Gasteiger partial charge in [-0.1, -0.05) is 12.8 Å². The lowest BCUT2D eigenvalue weighted by Gasteiger charge is -2.29. The van der Waals surface area contributed by atoms with Crippen molar-refractivity contribution in [3.05, 3.63) is 34.4 Å². The number of hydrogen-bond donors (Lipinski definition) is 1. The highest BCUT2D eigenvalue weighted by Gasteiger charge is 2.31. The number of ketones is 1. The summed E-state index contributed by atoms with van der Waals surface area (Å²) in [5.74, 6) is 5.66. The monoisotopic (exact) mass is 369 g/mol. The number of aliphatic hydroxyl groups excluding tert-OH is 1. The second-order valence-electron chi connectivity index (χ2n) is 7.39. The van der Waals surface area contributed by atoms with E-state index in [4.69, 9.17) is 0 Å². The van der Waals surface area contributed by atoms with Gasteiger partial charge in [-0.15, -0.1) is 5.92 Å². The van der Waals surface area contributed by atoms with Crippen LogP contribution in [-0.2, 0) is 9.59 Å². The first-order valence-corrected chi connectivity index (χ1v) is 9.91. The molecule has 0 aromatic heterocycles. The van der Waals surface area contributed by atoms with Gasteiger partial charge in [0.15, 0.2) is 0 Å². The van der Waals surface area contributed by atoms with Gasteiger partial charge in [0.25, 0.3) is 0 Å². The van der Waals surface area contributed by atoms with Crippen LogP contribution in [0.15, 0.2) is 12.1 Å². The maximum absolute atomic E-state index is 13.0. The topological polar surface area (TPSA) is 57.6 Å². The van der Waals surface area contributed by atoms with Crippen LogP contribution in [0, 0.1) is 25.7 Å². The van der Waals surface area contributed by atoms with Crippen LogP contribution in [0.25, 0.3) is 0 Å². The van der Waals surface area contributed by atoms with Crippen molar-refractivity contribution >= 4 is 11.7 Å². The third-order valence-corrected chi connectivity index (χ3v) is 5.34. The Hall–Kier alpha value is -2.12. The number of carbonyl (C=O) groups excluding carboxylic acids is 2. The molecule has 1 aromatic rings. The van der Waals surface area contributed by atoms with E-state index < -0.39 is 12.0 Å². The molecule has 146 valence electrons. The summed E-state index contributed by atoms with van der Waals surface area (Å²) in [6, 6.07) is 4.00. The van der Waals surface area contributed by atoms with Crippen molar-refractivity contribution in [1.29, 1.82) is 0 Å². The van der Waals surface area contributed by atoms with E-state index in [0.717, 1.165) is 22.3 Å². The summed E-state index contributed by atoms with van der Waals surface area (Å²) in [7, 11) is 0. The van der Waals surface area contributed by atoms with Crippen LogP contribution < -0.4 is 0 Å². The van der Waals surface area contributed by atoms with Crippen LogP contribution in [0.2, 0.25) is 0 Å². The zero-order valence-corrected chi connectivity index (χ0v) is 17.0. The number of hydrogen-bond acceptors (Lipinski definition) is 3. The fourth-order valence-corrected chi connectivity index (χ4v) is 4.09. The largest absolute Gasteiger partial charge is 0.392 e. The minimum absolute atomic E-state index is 0.0637. The molecule has 0 aliphatic carbocycles. The first-order chi connectivity index (χ1) is 12.9. The Morgan fingerprint density at radius 1 is 1.22 bits per heavy atom. The maximum atomic E-state index is 13.0. The summed E-state index contributed by atoms with van der Waals surface area (Å²) in [4.78, 5) is 26.9. The Kier molecular flexibility index (Phi) is 7.62. The lowest BCUT2D eigenvalue weighted by Crippen LogP contribution is -2.36. The Balaban J connectivity index is 2.30. The first-order valence-electron chi connectivity index (χ1n) is 9.91. The second-order valence-corrected chi connectivity index (χ2v) is 7.39. The molecule has 2 unspecified atom stereocenters. The first kappa shape index (κ1) is 21.2. The number of benzene rings is 1. The SMILES string of the molecule is CC#Cc1cc(C)c(C2C(=O)CCCN(C(=O)CC)CCCC2O)c(C)c1. The quantitative estimate of drug-likeness (QED) is 0.812. The van der Waals surface area contributed by atoms with Gasteiger partial charge < -0.3 is 10.0 Å². The van der Waals surface area contributed by atoms with Gasteiger partial charge in [0.05, 0.1) is 12.0 Å². The second kappa shape index (κ2) is 9.71. The van der Waals surface area contributed by atoms with E-state index in [1.54, 1.807) is 6.92 Å². The van der Waals surface area contributed by atoms with Gasteiger partial charge in [-0.25, -0.2) is 0 Å². The molecule has 2 atom stereocenters. The predicted octanol–water partition coefficient (Wildman–Crippen LogP) is 3.50. The third kappa shape index (κ3) is 5.20. The zero-order valence-electron chi connectivity index (χ0n) is 17.0. The van der Waals surface area contributed by atoms with Gasteiger partial charge in [0, 0.05) is 31.5 Å². The number of nitrogens with zero attached hydrogens (tertiary/aromatic N) is 1. The highest BCUT2D eigenvalue weighted by atomic mass is 16.3. The fraction of sp³-hybridized carbons (Fsp3) is 0.565. The smallest absolute Gasteiger partial charge is 0.222 e. The summed E-state index contributed by atoms with van der Waals surface area (Å²) >= 11 is 0. The number of aliphatic hydroxyl groups is 1. The molecular formula is C23H31NO3. The molecule has 1 fully saturated rings. The Morgan fingerprint density at radius 2 is 1.85 bits per heavy atom. The van der Waals surface area contributed by atoms with E-state index in [1.165, 1.54) is 0 Å². The molecule has 1 saturated heterocycles. The molecule has 0 spiro atoms. The van der Waals surface area contributed by atoms with Gasteiger partial charge in [-0.05, 0) is 68.9 Å². The predicted molar refractivity (Wildman–Crippen MR) is 108 cm³/mol. The van der Waals surface area contributed by atoms with E-state index in [-0.39, 0.29) is 11.7 Å². The summed E-state index contributed by atoms with van der Waals surface area (Å²) < 4.78 is 0. The summed E-state index contributed by atoms with van der Waals surface area (Å²) in [6.07, 6.45) is 1.99. The Labute approximate surface area is 163 Å². The molecule has 1 N–H and O–H groups in total. The van der Waals surface area contributed by atoms with Crippen LogP contribution in [0.1, 0.15) is 74.1 Å². The van der Waals surface area contributed by atoms with Gasteiger partial charge in [-0.3, -0.25) is 9.59 Å². The summed E-state index contributed by atoms with van der Waals surface area (Å²) in [6.45, 7) is 8.90. The van der Waals surface area contributed by atoms with Gasteiger partial charge in [-0.2, -0.15) is 0 Å². The molecule has 4 heteroatoms. The van der Waals surface area contributed by atoms with Crippen molar-refractivity contribution in [3.8, 4) is 11.8 Å². The number of aryl methyl sites for hydroxylation is 2. The fourth-order valence-electron chi connectivity index (χ4n) is 4.09. The molecule has 4 nitrogen and oxygen atoms in total. The highest BCUT2D eigenvalue weighted by molar-refractivity contribution is 5.87. The zero-order chi connectivity index (χ0) is 20.0. The molecular weight excluding hydrogens is 338 g/mol. The van der Waals surface area contributed by atoms with E-state index in [1.807, 2.05) is 37.8 Å².